The van der Waals surface area contributed by atoms with Gasteiger partial charge in [0.2, 0.25) is 5.82 Å². The Kier molecular flexibility index (Phi) is 5.42. The molecule has 0 saturated carbocycles. The maximum absolute atomic E-state index is 11.9. The summed E-state index contributed by atoms with van der Waals surface area (Å²) < 4.78 is 9.15. The Morgan fingerprint density at radius 3 is 2.62 bits per heavy atom. The molecule has 2 rings (SSSR count). The zero-order chi connectivity index (χ0) is 17.9. The van der Waals surface area contributed by atoms with Gasteiger partial charge >= 0.3 is 0 Å². The third-order valence-electron chi connectivity index (χ3n) is 3.73. The Hall–Kier alpha value is -2.17. The second kappa shape index (κ2) is 7.15. The van der Waals surface area contributed by atoms with Crippen LogP contribution in [0.2, 0.25) is 25.7 Å². The summed E-state index contributed by atoms with van der Waals surface area (Å²) >= 11 is 0. The van der Waals surface area contributed by atoms with Gasteiger partial charge in [0.05, 0.1) is 5.56 Å². The van der Waals surface area contributed by atoms with Crippen LogP contribution >= 0.6 is 0 Å². The first-order chi connectivity index (χ1) is 11.2. The van der Waals surface area contributed by atoms with E-state index in [-0.39, 0.29) is 5.56 Å². The van der Waals surface area contributed by atoms with Crippen molar-refractivity contribution >= 4 is 13.9 Å². The van der Waals surface area contributed by atoms with Crippen LogP contribution in [0, 0.1) is 13.5 Å². The summed E-state index contributed by atoms with van der Waals surface area (Å²) in [5.41, 5.74) is 1.42. The predicted molar refractivity (Wildman–Crippen MR) is 98.0 cm³/mol. The lowest BCUT2D eigenvalue weighted by atomic mass is 10.2. The molecule has 0 unspecified atom stereocenters. The number of aryl methyl sites for hydroxylation is 2. The van der Waals surface area contributed by atoms with Crippen LogP contribution in [0.5, 0.6) is 0 Å². The number of pyridine rings is 1. The Balaban J connectivity index is 2.26. The van der Waals surface area contributed by atoms with Crippen LogP contribution in [0.1, 0.15) is 5.56 Å². The van der Waals surface area contributed by atoms with E-state index in [0.717, 1.165) is 11.6 Å². The molecule has 0 saturated heterocycles. The summed E-state index contributed by atoms with van der Waals surface area (Å²) in [5.74, 6) is 0.970. The molecule has 24 heavy (non-hydrogen) atoms. The van der Waals surface area contributed by atoms with E-state index in [9.17, 15) is 4.79 Å². The largest absolute Gasteiger partial charge is 0.361 e. The number of rotatable bonds is 6. The van der Waals surface area contributed by atoms with Crippen molar-refractivity contribution in [1.82, 2.24) is 14.1 Å². The van der Waals surface area contributed by atoms with Crippen molar-refractivity contribution in [3.8, 4) is 11.4 Å². The van der Waals surface area contributed by atoms with Crippen molar-refractivity contribution in [2.75, 3.05) is 6.61 Å². The van der Waals surface area contributed by atoms with Crippen LogP contribution < -0.4 is 5.56 Å². The normalized spacial score (nSPS) is 11.5. The molecule has 0 spiro atoms. The molecular weight excluding hydrogens is 320 g/mol. The van der Waals surface area contributed by atoms with Gasteiger partial charge in [-0.25, -0.2) is 0 Å². The molecule has 0 aliphatic rings. The number of ether oxygens (including phenoxy) is 1. The minimum absolute atomic E-state index is 0.0337. The smallest absolute Gasteiger partial charge is 0.288 e. The van der Waals surface area contributed by atoms with E-state index in [2.05, 4.69) is 29.5 Å². The number of hydrogen-bond acceptors (Lipinski definition) is 3. The first-order valence-electron chi connectivity index (χ1n) is 7.91. The molecule has 0 N–H and O–H groups in total. The molecule has 2 aromatic rings. The minimum atomic E-state index is -1.13. The molecule has 0 aromatic carbocycles. The average molecular weight is 344 g/mol. The van der Waals surface area contributed by atoms with Crippen molar-refractivity contribution < 1.29 is 4.74 Å². The summed E-state index contributed by atoms with van der Waals surface area (Å²) in [6.07, 6.45) is 3.43. The molecule has 0 bridgehead atoms. The fraction of sp³-hybridized carbons (Fsp3) is 0.471. The van der Waals surface area contributed by atoms with Gasteiger partial charge in [0.1, 0.15) is 6.73 Å². The summed E-state index contributed by atoms with van der Waals surface area (Å²) in [6.45, 7) is 16.9. The lowest BCUT2D eigenvalue weighted by Crippen LogP contribution is -2.22. The quantitative estimate of drug-likeness (QED) is 0.458. The van der Waals surface area contributed by atoms with E-state index in [0.29, 0.717) is 30.5 Å². The topological polar surface area (TPSA) is 53.4 Å². The Morgan fingerprint density at radius 1 is 1.33 bits per heavy atom. The fourth-order valence-corrected chi connectivity index (χ4v) is 3.08. The summed E-state index contributed by atoms with van der Waals surface area (Å²) in [6, 6.07) is 2.89. The van der Waals surface area contributed by atoms with Gasteiger partial charge in [-0.3, -0.25) is 9.36 Å². The van der Waals surface area contributed by atoms with Gasteiger partial charge in [-0.15, -0.1) is 0 Å². The van der Waals surface area contributed by atoms with Crippen LogP contribution in [0.3, 0.4) is 0 Å². The van der Waals surface area contributed by atoms with Gasteiger partial charge < -0.3 is 14.1 Å². The summed E-state index contributed by atoms with van der Waals surface area (Å²) in [4.78, 5) is 19.6. The minimum Gasteiger partial charge on any atom is -0.361 e. The maximum Gasteiger partial charge on any atom is 0.288 e. The van der Waals surface area contributed by atoms with Crippen LogP contribution in [0.25, 0.3) is 16.2 Å². The number of nitrogens with zero attached hydrogens (tertiary/aromatic N) is 4. The molecule has 128 valence electrons. The number of hydrogen-bond donors (Lipinski definition) is 0. The van der Waals surface area contributed by atoms with Gasteiger partial charge in [0, 0.05) is 39.7 Å². The first-order valence-corrected chi connectivity index (χ1v) is 11.6. The monoisotopic (exact) mass is 344 g/mol. The molecule has 0 amide bonds. The van der Waals surface area contributed by atoms with Gasteiger partial charge in [-0.05, 0) is 19.0 Å². The zero-order valence-corrected chi connectivity index (χ0v) is 16.0. The van der Waals surface area contributed by atoms with E-state index in [1.165, 1.54) is 4.57 Å². The van der Waals surface area contributed by atoms with Crippen LogP contribution in [-0.4, -0.2) is 28.8 Å². The molecular formula is C17H24N4O2Si. The second-order valence-electron chi connectivity index (χ2n) is 7.18. The zero-order valence-electron chi connectivity index (χ0n) is 15.0. The van der Waals surface area contributed by atoms with Crippen LogP contribution in [0.15, 0.2) is 23.3 Å². The van der Waals surface area contributed by atoms with Crippen molar-refractivity contribution in [2.24, 2.45) is 7.05 Å². The lowest BCUT2D eigenvalue weighted by molar-refractivity contribution is 0.0883. The van der Waals surface area contributed by atoms with Gasteiger partial charge in [0.15, 0.2) is 0 Å². The molecule has 0 atom stereocenters. The highest BCUT2D eigenvalue weighted by molar-refractivity contribution is 6.76. The lowest BCUT2D eigenvalue weighted by Gasteiger charge is -2.15. The SMILES string of the molecule is [C-]#[N+]c1cn(COCC[Si](C)(C)C)c(-c2cc(C)c(=O)n(C)c2)n1. The molecule has 2 aromatic heterocycles. The highest BCUT2D eigenvalue weighted by Crippen LogP contribution is 2.23. The van der Waals surface area contributed by atoms with E-state index >= 15 is 0 Å². The fourth-order valence-electron chi connectivity index (χ4n) is 2.33. The Labute approximate surface area is 143 Å². The molecule has 0 aliphatic heterocycles. The van der Waals surface area contributed by atoms with Gasteiger partial charge in [-0.1, -0.05) is 31.2 Å². The third kappa shape index (κ3) is 4.43. The Bertz CT molecular complexity index is 798. The standard InChI is InChI=1S/C17H24N4O2Si/c1-13-9-14(10-20(3)17(13)22)16-19-15(18-2)11-21(16)12-23-7-8-24(4,5)6/h9-11H,7-8,12H2,1,3-6H3. The summed E-state index contributed by atoms with van der Waals surface area (Å²) in [5, 5.41) is 0. The molecule has 6 nitrogen and oxygen atoms in total. The van der Waals surface area contributed by atoms with Crippen LogP contribution in [-0.2, 0) is 18.5 Å². The van der Waals surface area contributed by atoms with E-state index in [1.807, 2.05) is 4.57 Å². The van der Waals surface area contributed by atoms with Gasteiger partial charge in [0.25, 0.3) is 11.4 Å². The maximum atomic E-state index is 11.9. The molecule has 0 radical (unpaired) electrons. The molecule has 0 fully saturated rings. The summed E-state index contributed by atoms with van der Waals surface area (Å²) in [7, 11) is 0.582. The van der Waals surface area contributed by atoms with Crippen molar-refractivity contribution in [3.05, 3.63) is 45.8 Å². The van der Waals surface area contributed by atoms with Crippen molar-refractivity contribution in [2.45, 2.75) is 39.3 Å². The first kappa shape index (κ1) is 18.2. The van der Waals surface area contributed by atoms with E-state index in [4.69, 9.17) is 11.3 Å². The van der Waals surface area contributed by atoms with Crippen molar-refractivity contribution in [3.63, 3.8) is 0 Å². The van der Waals surface area contributed by atoms with Crippen molar-refractivity contribution in [1.29, 1.82) is 0 Å². The number of imidazole rings is 1. The van der Waals surface area contributed by atoms with E-state index < -0.39 is 8.07 Å². The van der Waals surface area contributed by atoms with E-state index in [1.54, 1.807) is 32.4 Å². The predicted octanol–water partition coefficient (Wildman–Crippen LogP) is 3.42. The van der Waals surface area contributed by atoms with Crippen LogP contribution in [0.4, 0.5) is 5.82 Å². The highest BCUT2D eigenvalue weighted by atomic mass is 28.3. The average Bonchev–Trinajstić information content (AvgIpc) is 2.91. The Morgan fingerprint density at radius 2 is 2.04 bits per heavy atom. The highest BCUT2D eigenvalue weighted by Gasteiger charge is 2.17. The van der Waals surface area contributed by atoms with Gasteiger partial charge in [-0.2, -0.15) is 0 Å². The molecule has 7 heteroatoms. The molecule has 0 aliphatic carbocycles. The number of aromatic nitrogens is 3. The second-order valence-corrected chi connectivity index (χ2v) is 12.8. The third-order valence-corrected chi connectivity index (χ3v) is 5.43. The molecule has 2 heterocycles.